The molecule has 0 saturated carbocycles. The molecule has 3 aliphatic heterocycles. The van der Waals surface area contributed by atoms with Crippen LogP contribution in [-0.4, -0.2) is 34.2 Å². The van der Waals surface area contributed by atoms with Crippen molar-refractivity contribution in [3.8, 4) is 0 Å². The van der Waals surface area contributed by atoms with Crippen LogP contribution in [-0.2, 0) is 26.3 Å². The summed E-state index contributed by atoms with van der Waals surface area (Å²) in [5.74, 6) is -1.91. The largest absolute Gasteiger partial charge is 0.324 e. The second-order valence-electron chi connectivity index (χ2n) is 8.61. The van der Waals surface area contributed by atoms with Gasteiger partial charge in [0.15, 0.2) is 0 Å². The van der Waals surface area contributed by atoms with Crippen LogP contribution in [0, 0.1) is 11.8 Å². The maximum atomic E-state index is 13.3. The van der Waals surface area contributed by atoms with E-state index in [1.807, 2.05) is 45.9 Å². The maximum absolute atomic E-state index is 13.3. The number of imide groups is 1. The van der Waals surface area contributed by atoms with Crippen molar-refractivity contribution in [3.05, 3.63) is 29.3 Å². The van der Waals surface area contributed by atoms with Crippen molar-refractivity contribution in [2.24, 2.45) is 11.8 Å². The van der Waals surface area contributed by atoms with Gasteiger partial charge in [-0.3, -0.25) is 24.6 Å². The molecule has 2 fully saturated rings. The van der Waals surface area contributed by atoms with Gasteiger partial charge in [0.2, 0.25) is 17.7 Å². The highest BCUT2D eigenvalue weighted by atomic mass is 16.2. The maximum Gasteiger partial charge on any atom is 0.250 e. The quantitative estimate of drug-likeness (QED) is 0.753. The molecule has 0 bridgehead atoms. The monoisotopic (exact) mass is 355 g/mol. The zero-order valence-corrected chi connectivity index (χ0v) is 15.8. The Balaban J connectivity index is 1.91. The number of nitrogens with zero attached hydrogens (tertiary/aromatic N) is 1. The van der Waals surface area contributed by atoms with Crippen LogP contribution in [0.15, 0.2) is 18.2 Å². The lowest BCUT2D eigenvalue weighted by Gasteiger charge is -2.34. The fourth-order valence-electron chi connectivity index (χ4n) is 4.89. The van der Waals surface area contributed by atoms with Gasteiger partial charge in [-0.25, -0.2) is 0 Å². The van der Waals surface area contributed by atoms with Gasteiger partial charge in [-0.2, -0.15) is 0 Å². The molecule has 3 heterocycles. The molecule has 138 valence electrons. The van der Waals surface area contributed by atoms with E-state index in [4.69, 9.17) is 0 Å². The molecule has 6 nitrogen and oxygen atoms in total. The number of fused-ring (bicyclic) bond motifs is 4. The number of benzene rings is 1. The van der Waals surface area contributed by atoms with Crippen LogP contribution in [0.4, 0.5) is 5.69 Å². The highest BCUT2D eigenvalue weighted by Crippen LogP contribution is 2.53. The summed E-state index contributed by atoms with van der Waals surface area (Å²) in [6, 6.07) is 5.61. The van der Waals surface area contributed by atoms with E-state index < -0.39 is 22.9 Å². The summed E-state index contributed by atoms with van der Waals surface area (Å²) in [7, 11) is 0. The Kier molecular flexibility index (Phi) is 3.42. The Labute approximate surface area is 153 Å². The van der Waals surface area contributed by atoms with Crippen molar-refractivity contribution in [1.82, 2.24) is 10.2 Å². The molecular weight excluding hydrogens is 330 g/mol. The summed E-state index contributed by atoms with van der Waals surface area (Å²) in [5.41, 5.74) is 0.835. The summed E-state index contributed by atoms with van der Waals surface area (Å²) in [4.78, 5) is 40.9. The van der Waals surface area contributed by atoms with Crippen molar-refractivity contribution in [2.75, 3.05) is 5.32 Å². The van der Waals surface area contributed by atoms with E-state index in [1.165, 1.54) is 4.90 Å². The molecule has 2 saturated heterocycles. The zero-order chi connectivity index (χ0) is 19.0. The average Bonchev–Trinajstić information content (AvgIpc) is 3.11. The van der Waals surface area contributed by atoms with E-state index >= 15 is 0 Å². The molecule has 0 radical (unpaired) electrons. The van der Waals surface area contributed by atoms with Gasteiger partial charge in [-0.05, 0) is 45.7 Å². The molecule has 4 unspecified atom stereocenters. The van der Waals surface area contributed by atoms with Crippen LogP contribution < -0.4 is 10.6 Å². The lowest BCUT2D eigenvalue weighted by atomic mass is 9.76. The lowest BCUT2D eigenvalue weighted by molar-refractivity contribution is -0.147. The molecule has 3 amide bonds. The van der Waals surface area contributed by atoms with Crippen LogP contribution in [0.2, 0.25) is 0 Å². The first-order valence-corrected chi connectivity index (χ1v) is 9.23. The Morgan fingerprint density at radius 3 is 2.46 bits per heavy atom. The Morgan fingerprint density at radius 2 is 1.85 bits per heavy atom. The molecule has 26 heavy (non-hydrogen) atoms. The van der Waals surface area contributed by atoms with Crippen LogP contribution in [0.5, 0.6) is 0 Å². The number of carbonyl (C=O) groups excluding carboxylic acids is 3. The Hall–Kier alpha value is -2.21. The predicted molar refractivity (Wildman–Crippen MR) is 97.3 cm³/mol. The second kappa shape index (κ2) is 5.16. The summed E-state index contributed by atoms with van der Waals surface area (Å²) in [6.07, 6.45) is 0.836. The highest BCUT2D eigenvalue weighted by Gasteiger charge is 2.70. The van der Waals surface area contributed by atoms with Crippen molar-refractivity contribution in [3.63, 3.8) is 0 Å². The van der Waals surface area contributed by atoms with E-state index in [1.54, 1.807) is 0 Å². The molecule has 1 spiro atoms. The summed E-state index contributed by atoms with van der Waals surface area (Å²) in [5, 5.41) is 6.26. The molecule has 0 aliphatic carbocycles. The normalized spacial score (nSPS) is 33.0. The summed E-state index contributed by atoms with van der Waals surface area (Å²) in [6.45, 7) is 9.50. The van der Waals surface area contributed by atoms with Gasteiger partial charge in [-0.15, -0.1) is 0 Å². The van der Waals surface area contributed by atoms with E-state index in [2.05, 4.69) is 17.6 Å². The van der Waals surface area contributed by atoms with Gasteiger partial charge in [-0.1, -0.05) is 19.1 Å². The summed E-state index contributed by atoms with van der Waals surface area (Å²) < 4.78 is 0. The number of nitrogens with one attached hydrogen (secondary N) is 2. The first kappa shape index (κ1) is 17.2. The fourth-order valence-corrected chi connectivity index (χ4v) is 4.89. The first-order valence-electron chi connectivity index (χ1n) is 9.23. The van der Waals surface area contributed by atoms with Gasteiger partial charge in [0.1, 0.15) is 5.54 Å². The minimum atomic E-state index is -1.17. The van der Waals surface area contributed by atoms with Gasteiger partial charge in [0.25, 0.3) is 0 Å². The summed E-state index contributed by atoms with van der Waals surface area (Å²) >= 11 is 0. The fraction of sp³-hybridized carbons (Fsp3) is 0.550. The van der Waals surface area contributed by atoms with E-state index in [0.29, 0.717) is 0 Å². The number of amides is 3. The highest BCUT2D eigenvalue weighted by molar-refractivity contribution is 6.15. The Morgan fingerprint density at radius 1 is 1.15 bits per heavy atom. The van der Waals surface area contributed by atoms with Crippen molar-refractivity contribution in [1.29, 1.82) is 0 Å². The molecular formula is C20H25N3O3. The van der Waals surface area contributed by atoms with Crippen molar-refractivity contribution in [2.45, 2.75) is 58.2 Å². The number of likely N-dealkylation sites (tertiary alicyclic amines) is 1. The van der Waals surface area contributed by atoms with Gasteiger partial charge < -0.3 is 5.32 Å². The van der Waals surface area contributed by atoms with Crippen LogP contribution in [0.25, 0.3) is 0 Å². The topological polar surface area (TPSA) is 78.5 Å². The third-order valence-electron chi connectivity index (χ3n) is 6.01. The number of rotatable bonds is 1. The van der Waals surface area contributed by atoms with E-state index in [9.17, 15) is 14.4 Å². The number of carbonyl (C=O) groups is 3. The molecule has 4 atom stereocenters. The van der Waals surface area contributed by atoms with Crippen LogP contribution in [0.1, 0.15) is 45.7 Å². The van der Waals surface area contributed by atoms with Gasteiger partial charge in [0.05, 0.1) is 11.8 Å². The smallest absolute Gasteiger partial charge is 0.250 e. The SMILES string of the molecule is CCc1ccc2c(c1)C1(NC(C)C3C(=O)N(C(C)(C)C)C(=O)C31)C(=O)N2. The third kappa shape index (κ3) is 1.93. The lowest BCUT2D eigenvalue weighted by Crippen LogP contribution is -2.55. The van der Waals surface area contributed by atoms with E-state index in [0.717, 1.165) is 23.2 Å². The number of hydrogen-bond acceptors (Lipinski definition) is 4. The van der Waals surface area contributed by atoms with Gasteiger partial charge >= 0.3 is 0 Å². The standard InChI is InChI=1S/C20H25N3O3/c1-6-11-7-8-13-12(9-11)20(18(26)21-13)15-14(10(2)22-20)16(24)23(17(15)25)19(3,4)5/h7-10,14-15,22H,6H2,1-5H3,(H,21,26). The molecule has 3 aliphatic rings. The van der Waals surface area contributed by atoms with Crippen LogP contribution >= 0.6 is 0 Å². The zero-order valence-electron chi connectivity index (χ0n) is 15.8. The number of anilines is 1. The molecule has 6 heteroatoms. The number of hydrogen-bond donors (Lipinski definition) is 2. The van der Waals surface area contributed by atoms with Crippen molar-refractivity contribution < 1.29 is 14.4 Å². The van der Waals surface area contributed by atoms with Crippen molar-refractivity contribution >= 4 is 23.4 Å². The second-order valence-corrected chi connectivity index (χ2v) is 8.61. The average molecular weight is 355 g/mol. The molecule has 4 rings (SSSR count). The molecule has 1 aromatic carbocycles. The molecule has 1 aromatic rings. The number of aryl methyl sites for hydroxylation is 1. The predicted octanol–water partition coefficient (Wildman–Crippen LogP) is 1.79. The van der Waals surface area contributed by atoms with Gasteiger partial charge in [0, 0.05) is 22.8 Å². The minimum absolute atomic E-state index is 0.183. The first-order chi connectivity index (χ1) is 12.1. The molecule has 2 N–H and O–H groups in total. The van der Waals surface area contributed by atoms with Crippen LogP contribution in [0.3, 0.4) is 0 Å². The molecule has 0 aromatic heterocycles. The third-order valence-corrected chi connectivity index (χ3v) is 6.01. The minimum Gasteiger partial charge on any atom is -0.324 e. The van der Waals surface area contributed by atoms with E-state index in [-0.39, 0.29) is 23.8 Å². The Bertz CT molecular complexity index is 841.